The van der Waals surface area contributed by atoms with Crippen LogP contribution in [0.15, 0.2) is 12.2 Å². The lowest BCUT2D eigenvalue weighted by Crippen LogP contribution is -2.44. The Labute approximate surface area is 87.9 Å². The minimum atomic E-state index is -0.329. The van der Waals surface area contributed by atoms with Gasteiger partial charge in [-0.2, -0.15) is 0 Å². The summed E-state index contributed by atoms with van der Waals surface area (Å²) in [6, 6.07) is -0.329. The first-order valence-electron chi connectivity index (χ1n) is 4.53. The van der Waals surface area contributed by atoms with Gasteiger partial charge in [-0.05, 0) is 6.42 Å². The molecular weight excluding hydrogens is 204 g/mol. The Morgan fingerprint density at radius 2 is 2.21 bits per heavy atom. The maximum absolute atomic E-state index is 11.4. The highest BCUT2D eigenvalue weighted by Crippen LogP contribution is 2.01. The number of imide groups is 1. The highest BCUT2D eigenvalue weighted by molar-refractivity contribution is 6.19. The summed E-state index contributed by atoms with van der Waals surface area (Å²) < 4.78 is 0. The second kappa shape index (κ2) is 5.65. The van der Waals surface area contributed by atoms with Crippen molar-refractivity contribution in [2.24, 2.45) is 0 Å². The van der Waals surface area contributed by atoms with E-state index in [1.807, 2.05) is 12.2 Å². The average molecular weight is 217 g/mol. The van der Waals surface area contributed by atoms with E-state index >= 15 is 0 Å². The van der Waals surface area contributed by atoms with E-state index in [4.69, 9.17) is 11.6 Å². The van der Waals surface area contributed by atoms with Gasteiger partial charge in [-0.15, -0.1) is 11.6 Å². The quantitative estimate of drug-likeness (QED) is 0.556. The molecule has 0 saturated carbocycles. The maximum Gasteiger partial charge on any atom is 0.324 e. The molecule has 1 rings (SSSR count). The summed E-state index contributed by atoms with van der Waals surface area (Å²) in [5.41, 5.74) is 0. The van der Waals surface area contributed by atoms with Crippen LogP contribution in [0.3, 0.4) is 0 Å². The first-order chi connectivity index (χ1) is 6.74. The molecule has 0 spiro atoms. The van der Waals surface area contributed by atoms with E-state index in [-0.39, 0.29) is 24.2 Å². The van der Waals surface area contributed by atoms with Gasteiger partial charge < -0.3 is 4.90 Å². The molecule has 0 radical (unpaired) electrons. The van der Waals surface area contributed by atoms with Gasteiger partial charge in [0.2, 0.25) is 5.91 Å². The van der Waals surface area contributed by atoms with Crippen LogP contribution in [-0.2, 0) is 4.79 Å². The van der Waals surface area contributed by atoms with Crippen molar-refractivity contribution < 1.29 is 9.59 Å². The Morgan fingerprint density at radius 1 is 1.43 bits per heavy atom. The van der Waals surface area contributed by atoms with Crippen molar-refractivity contribution in [3.05, 3.63) is 12.2 Å². The van der Waals surface area contributed by atoms with Gasteiger partial charge in [0.05, 0.1) is 0 Å². The number of rotatable bonds is 2. The second-order valence-corrected chi connectivity index (χ2v) is 3.38. The van der Waals surface area contributed by atoms with Crippen molar-refractivity contribution in [2.75, 3.05) is 19.0 Å². The molecule has 0 fully saturated rings. The fraction of sp³-hybridized carbons (Fsp3) is 0.556. The lowest BCUT2D eigenvalue weighted by atomic mass is 10.3. The average Bonchev–Trinajstić information content (AvgIpc) is 2.19. The standard InChI is InChI=1S/C9H13ClN2O2/c10-5-4-8(13)11-9(14)12-6-2-1-3-7-12/h1-2H,3-7H2,(H,11,13,14). The topological polar surface area (TPSA) is 49.4 Å². The smallest absolute Gasteiger partial charge is 0.320 e. The summed E-state index contributed by atoms with van der Waals surface area (Å²) in [7, 11) is 0. The zero-order chi connectivity index (χ0) is 10.4. The number of alkyl halides is 1. The molecule has 0 atom stereocenters. The zero-order valence-electron chi connectivity index (χ0n) is 7.83. The van der Waals surface area contributed by atoms with E-state index in [0.717, 1.165) is 6.42 Å². The van der Waals surface area contributed by atoms with Gasteiger partial charge in [0.1, 0.15) is 0 Å². The van der Waals surface area contributed by atoms with Gasteiger partial charge in [-0.1, -0.05) is 12.2 Å². The summed E-state index contributed by atoms with van der Waals surface area (Å²) in [4.78, 5) is 24.0. The van der Waals surface area contributed by atoms with Crippen LogP contribution in [0, 0.1) is 0 Å². The number of hydrogen-bond acceptors (Lipinski definition) is 2. The number of halogens is 1. The van der Waals surface area contributed by atoms with Crippen LogP contribution < -0.4 is 5.32 Å². The normalized spacial score (nSPS) is 15.4. The minimum absolute atomic E-state index is 0.178. The Morgan fingerprint density at radius 3 is 2.79 bits per heavy atom. The Hall–Kier alpha value is -1.03. The van der Waals surface area contributed by atoms with Crippen molar-refractivity contribution in [3.8, 4) is 0 Å². The molecule has 3 amide bonds. The van der Waals surface area contributed by atoms with Gasteiger partial charge in [0.25, 0.3) is 0 Å². The largest absolute Gasteiger partial charge is 0.324 e. The van der Waals surface area contributed by atoms with Crippen molar-refractivity contribution >= 4 is 23.5 Å². The number of carbonyl (C=O) groups is 2. The van der Waals surface area contributed by atoms with Crippen LogP contribution >= 0.6 is 11.6 Å². The zero-order valence-corrected chi connectivity index (χ0v) is 8.59. The Bertz CT molecular complexity index is 253. The number of hydrogen-bond donors (Lipinski definition) is 1. The lowest BCUT2D eigenvalue weighted by Gasteiger charge is -2.22. The molecule has 1 aliphatic rings. The van der Waals surface area contributed by atoms with E-state index in [1.54, 1.807) is 4.90 Å². The molecule has 5 heteroatoms. The monoisotopic (exact) mass is 216 g/mol. The Kier molecular flexibility index (Phi) is 4.46. The molecule has 14 heavy (non-hydrogen) atoms. The van der Waals surface area contributed by atoms with Crippen molar-refractivity contribution in [3.63, 3.8) is 0 Å². The molecule has 78 valence electrons. The maximum atomic E-state index is 11.4. The predicted molar refractivity (Wildman–Crippen MR) is 54.2 cm³/mol. The van der Waals surface area contributed by atoms with Gasteiger partial charge in [-0.3, -0.25) is 10.1 Å². The number of nitrogens with zero attached hydrogens (tertiary/aromatic N) is 1. The van der Waals surface area contributed by atoms with Crippen LogP contribution in [0.2, 0.25) is 0 Å². The number of carbonyl (C=O) groups excluding carboxylic acids is 2. The first-order valence-corrected chi connectivity index (χ1v) is 5.07. The fourth-order valence-electron chi connectivity index (χ4n) is 1.17. The summed E-state index contributed by atoms with van der Waals surface area (Å²) in [6.45, 7) is 1.23. The van der Waals surface area contributed by atoms with E-state index in [2.05, 4.69) is 5.32 Å². The van der Waals surface area contributed by atoms with E-state index < -0.39 is 0 Å². The Balaban J connectivity index is 2.34. The van der Waals surface area contributed by atoms with E-state index in [9.17, 15) is 9.59 Å². The molecule has 1 N–H and O–H groups in total. The van der Waals surface area contributed by atoms with Crippen LogP contribution in [0.25, 0.3) is 0 Å². The van der Waals surface area contributed by atoms with Crippen molar-refractivity contribution in [1.29, 1.82) is 0 Å². The molecule has 0 aromatic carbocycles. The van der Waals surface area contributed by atoms with Crippen molar-refractivity contribution in [1.82, 2.24) is 10.2 Å². The molecule has 0 aromatic heterocycles. The van der Waals surface area contributed by atoms with Gasteiger partial charge in [-0.25, -0.2) is 4.79 Å². The molecule has 0 saturated heterocycles. The third-order valence-corrected chi connectivity index (χ3v) is 2.10. The van der Waals surface area contributed by atoms with Crippen LogP contribution in [-0.4, -0.2) is 35.8 Å². The second-order valence-electron chi connectivity index (χ2n) is 3.00. The summed E-state index contributed by atoms with van der Waals surface area (Å²) in [6.07, 6.45) is 4.95. The number of amides is 3. The van der Waals surface area contributed by atoms with Gasteiger partial charge in [0, 0.05) is 25.4 Å². The molecular formula is C9H13ClN2O2. The summed E-state index contributed by atoms with van der Waals surface area (Å²) in [5, 5.41) is 2.28. The van der Waals surface area contributed by atoms with Crippen LogP contribution in [0.1, 0.15) is 12.8 Å². The molecule has 4 nitrogen and oxygen atoms in total. The predicted octanol–water partition coefficient (Wildman–Crippen LogP) is 1.11. The molecule has 0 bridgehead atoms. The number of nitrogens with one attached hydrogen (secondary N) is 1. The minimum Gasteiger partial charge on any atom is -0.320 e. The summed E-state index contributed by atoms with van der Waals surface area (Å²) in [5.74, 6) is -0.0847. The third-order valence-electron chi connectivity index (χ3n) is 1.91. The number of urea groups is 1. The lowest BCUT2D eigenvalue weighted by molar-refractivity contribution is -0.119. The highest BCUT2D eigenvalue weighted by Gasteiger charge is 2.15. The van der Waals surface area contributed by atoms with Crippen LogP contribution in [0.5, 0.6) is 0 Å². The van der Waals surface area contributed by atoms with Gasteiger partial charge >= 0.3 is 6.03 Å². The van der Waals surface area contributed by atoms with Gasteiger partial charge in [0.15, 0.2) is 0 Å². The van der Waals surface area contributed by atoms with Crippen molar-refractivity contribution in [2.45, 2.75) is 12.8 Å². The fourth-order valence-corrected chi connectivity index (χ4v) is 1.34. The van der Waals surface area contributed by atoms with E-state index in [0.29, 0.717) is 13.1 Å². The molecule has 1 aliphatic heterocycles. The van der Waals surface area contributed by atoms with Crippen LogP contribution in [0.4, 0.5) is 4.79 Å². The molecule has 0 aromatic rings. The summed E-state index contributed by atoms with van der Waals surface area (Å²) >= 11 is 5.37. The molecule has 0 unspecified atom stereocenters. The third kappa shape index (κ3) is 3.38. The first kappa shape index (κ1) is 11.0. The highest BCUT2D eigenvalue weighted by atomic mass is 35.5. The molecule has 1 heterocycles. The SMILES string of the molecule is O=C(CCCl)NC(=O)N1CC=CCC1. The van der Waals surface area contributed by atoms with E-state index in [1.165, 1.54) is 0 Å². The molecule has 0 aliphatic carbocycles.